The number of benzene rings is 1. The Morgan fingerprint density at radius 2 is 1.94 bits per heavy atom. The van der Waals surface area contributed by atoms with Gasteiger partial charge in [0.05, 0.1) is 17.2 Å². The molecule has 0 bridgehead atoms. The van der Waals surface area contributed by atoms with E-state index >= 15 is 0 Å². The van der Waals surface area contributed by atoms with Crippen LogP contribution in [0.25, 0.3) is 0 Å². The van der Waals surface area contributed by atoms with E-state index in [-0.39, 0.29) is 16.6 Å². The summed E-state index contributed by atoms with van der Waals surface area (Å²) < 4.78 is 4.40. The van der Waals surface area contributed by atoms with E-state index in [2.05, 4.69) is 4.74 Å². The number of esters is 1. The summed E-state index contributed by atoms with van der Waals surface area (Å²) in [6.07, 6.45) is 0. The smallest absolute Gasteiger partial charge is 0.337 e. The predicted molar refractivity (Wildman–Crippen MR) is 60.7 cm³/mol. The summed E-state index contributed by atoms with van der Waals surface area (Å²) in [5.74, 6) is -1.21. The molecule has 1 N–H and O–H groups in total. The molecular weight excluding hydrogens is 232 g/mol. The first-order valence-electron chi connectivity index (χ1n) is 4.60. The van der Waals surface area contributed by atoms with Gasteiger partial charge in [-0.2, -0.15) is 0 Å². The Labute approximate surface area is 98.8 Å². The van der Waals surface area contributed by atoms with Crippen LogP contribution in [0.1, 0.15) is 24.2 Å². The standard InChI is InChI=1S/C7H5ClO2.C4H8O2/c8-6-4-2-1-3-5(6)7(9)10;1-3-6-4(2)5/h1-4H,(H,9,10);3H2,1-2H3. The summed E-state index contributed by atoms with van der Waals surface area (Å²) in [4.78, 5) is 20.2. The highest BCUT2D eigenvalue weighted by molar-refractivity contribution is 6.33. The first-order valence-corrected chi connectivity index (χ1v) is 4.98. The normalized spacial score (nSPS) is 8.69. The van der Waals surface area contributed by atoms with Crippen LogP contribution in [0.5, 0.6) is 0 Å². The van der Waals surface area contributed by atoms with Gasteiger partial charge in [0.2, 0.25) is 0 Å². The van der Waals surface area contributed by atoms with E-state index < -0.39 is 5.97 Å². The Kier molecular flexibility index (Phi) is 6.96. The third-order valence-electron chi connectivity index (χ3n) is 1.45. The Bertz CT molecular complexity index is 363. The number of hydrogen-bond acceptors (Lipinski definition) is 3. The molecule has 1 aromatic rings. The number of ether oxygens (including phenoxy) is 1. The maximum atomic E-state index is 10.3. The van der Waals surface area contributed by atoms with E-state index in [0.29, 0.717) is 6.61 Å². The van der Waals surface area contributed by atoms with E-state index in [1.165, 1.54) is 13.0 Å². The van der Waals surface area contributed by atoms with Crippen molar-refractivity contribution in [1.82, 2.24) is 0 Å². The van der Waals surface area contributed by atoms with Crippen LogP contribution in [0.15, 0.2) is 24.3 Å². The number of carbonyl (C=O) groups is 2. The summed E-state index contributed by atoms with van der Waals surface area (Å²) in [7, 11) is 0. The van der Waals surface area contributed by atoms with Crippen molar-refractivity contribution in [2.24, 2.45) is 0 Å². The lowest BCUT2D eigenvalue weighted by atomic mass is 10.2. The summed E-state index contributed by atoms with van der Waals surface area (Å²) in [6, 6.07) is 6.33. The van der Waals surface area contributed by atoms with Gasteiger partial charge < -0.3 is 9.84 Å². The molecule has 0 aliphatic rings. The lowest BCUT2D eigenvalue weighted by Crippen LogP contribution is -1.95. The molecule has 88 valence electrons. The topological polar surface area (TPSA) is 63.6 Å². The Balaban J connectivity index is 0.000000325. The SMILES string of the molecule is CCOC(C)=O.O=C(O)c1ccccc1Cl. The van der Waals surface area contributed by atoms with Crippen LogP contribution in [-0.4, -0.2) is 23.7 Å². The van der Waals surface area contributed by atoms with Crippen LogP contribution in [0.3, 0.4) is 0 Å². The van der Waals surface area contributed by atoms with Crippen molar-refractivity contribution in [2.45, 2.75) is 13.8 Å². The van der Waals surface area contributed by atoms with Crippen molar-refractivity contribution in [3.05, 3.63) is 34.9 Å². The predicted octanol–water partition coefficient (Wildman–Crippen LogP) is 2.61. The second kappa shape index (κ2) is 7.70. The monoisotopic (exact) mass is 244 g/mol. The van der Waals surface area contributed by atoms with E-state index in [4.69, 9.17) is 16.7 Å². The number of carbonyl (C=O) groups excluding carboxylic acids is 1. The zero-order valence-electron chi connectivity index (χ0n) is 9.07. The number of rotatable bonds is 2. The molecule has 0 saturated carbocycles. The molecule has 0 unspecified atom stereocenters. The minimum absolute atomic E-state index is 0.143. The molecule has 1 aromatic carbocycles. The second-order valence-corrected chi connectivity index (χ2v) is 3.12. The quantitative estimate of drug-likeness (QED) is 0.813. The minimum atomic E-state index is -0.995. The van der Waals surface area contributed by atoms with Crippen molar-refractivity contribution < 1.29 is 19.4 Å². The number of carboxylic acid groups (broad SMARTS) is 1. The van der Waals surface area contributed by atoms with Gasteiger partial charge in [0.15, 0.2) is 0 Å². The van der Waals surface area contributed by atoms with E-state index in [0.717, 1.165) is 0 Å². The molecule has 0 amide bonds. The van der Waals surface area contributed by atoms with Crippen LogP contribution in [0, 0.1) is 0 Å². The Hall–Kier alpha value is -1.55. The highest BCUT2D eigenvalue weighted by atomic mass is 35.5. The molecule has 0 heterocycles. The van der Waals surface area contributed by atoms with Crippen LogP contribution < -0.4 is 0 Å². The van der Waals surface area contributed by atoms with Crippen molar-refractivity contribution in [2.75, 3.05) is 6.61 Å². The molecule has 0 aliphatic heterocycles. The number of hydrogen-bond donors (Lipinski definition) is 1. The fourth-order valence-corrected chi connectivity index (χ4v) is 1.05. The lowest BCUT2D eigenvalue weighted by Gasteiger charge is -1.94. The van der Waals surface area contributed by atoms with Gasteiger partial charge >= 0.3 is 11.9 Å². The molecule has 0 saturated heterocycles. The molecule has 1 rings (SSSR count). The Morgan fingerprint density at radius 3 is 2.19 bits per heavy atom. The lowest BCUT2D eigenvalue weighted by molar-refractivity contribution is -0.140. The first-order chi connectivity index (χ1) is 7.49. The van der Waals surface area contributed by atoms with Gasteiger partial charge in [0.1, 0.15) is 0 Å². The molecule has 5 heteroatoms. The average molecular weight is 245 g/mol. The van der Waals surface area contributed by atoms with E-state index in [9.17, 15) is 9.59 Å². The zero-order valence-corrected chi connectivity index (χ0v) is 9.82. The van der Waals surface area contributed by atoms with Crippen molar-refractivity contribution in [3.8, 4) is 0 Å². The van der Waals surface area contributed by atoms with Crippen molar-refractivity contribution in [1.29, 1.82) is 0 Å². The minimum Gasteiger partial charge on any atom is -0.478 e. The molecular formula is C11H13ClO4. The van der Waals surface area contributed by atoms with Gasteiger partial charge in [-0.1, -0.05) is 23.7 Å². The fraction of sp³-hybridized carbons (Fsp3) is 0.273. The van der Waals surface area contributed by atoms with E-state index in [1.807, 2.05) is 0 Å². The largest absolute Gasteiger partial charge is 0.478 e. The fourth-order valence-electron chi connectivity index (χ4n) is 0.838. The summed E-state index contributed by atoms with van der Waals surface area (Å²) >= 11 is 5.54. The third kappa shape index (κ3) is 6.03. The van der Waals surface area contributed by atoms with E-state index in [1.54, 1.807) is 25.1 Å². The van der Waals surface area contributed by atoms with Gasteiger partial charge in [0, 0.05) is 6.92 Å². The van der Waals surface area contributed by atoms with Crippen LogP contribution in [0.4, 0.5) is 0 Å². The van der Waals surface area contributed by atoms with Gasteiger partial charge in [-0.15, -0.1) is 0 Å². The highest BCUT2D eigenvalue weighted by Gasteiger charge is 2.04. The van der Waals surface area contributed by atoms with Crippen molar-refractivity contribution in [3.63, 3.8) is 0 Å². The third-order valence-corrected chi connectivity index (χ3v) is 1.78. The zero-order chi connectivity index (χ0) is 12.6. The maximum absolute atomic E-state index is 10.3. The highest BCUT2D eigenvalue weighted by Crippen LogP contribution is 2.13. The maximum Gasteiger partial charge on any atom is 0.337 e. The molecule has 0 spiro atoms. The first kappa shape index (κ1) is 14.5. The summed E-state index contributed by atoms with van der Waals surface area (Å²) in [5.41, 5.74) is 0.143. The van der Waals surface area contributed by atoms with Crippen LogP contribution >= 0.6 is 11.6 Å². The van der Waals surface area contributed by atoms with Gasteiger partial charge in [-0.3, -0.25) is 4.79 Å². The molecule has 4 nitrogen and oxygen atoms in total. The summed E-state index contributed by atoms with van der Waals surface area (Å²) in [5, 5.41) is 8.75. The molecule has 0 aromatic heterocycles. The number of carboxylic acids is 1. The molecule has 0 atom stereocenters. The second-order valence-electron chi connectivity index (χ2n) is 2.71. The van der Waals surface area contributed by atoms with Gasteiger partial charge in [0.25, 0.3) is 0 Å². The average Bonchev–Trinajstić information content (AvgIpc) is 2.18. The van der Waals surface area contributed by atoms with Crippen molar-refractivity contribution >= 4 is 23.5 Å². The van der Waals surface area contributed by atoms with Crippen LogP contribution in [0.2, 0.25) is 5.02 Å². The molecule has 0 fully saturated rings. The number of aromatic carboxylic acids is 1. The Morgan fingerprint density at radius 1 is 1.38 bits per heavy atom. The number of halogens is 1. The van der Waals surface area contributed by atoms with Crippen LogP contribution in [-0.2, 0) is 9.53 Å². The molecule has 0 radical (unpaired) electrons. The summed E-state index contributed by atoms with van der Waals surface area (Å²) in [6.45, 7) is 3.65. The molecule has 16 heavy (non-hydrogen) atoms. The van der Waals surface area contributed by atoms with Gasteiger partial charge in [-0.25, -0.2) is 4.79 Å². The molecule has 0 aliphatic carbocycles. The van der Waals surface area contributed by atoms with Gasteiger partial charge in [-0.05, 0) is 19.1 Å².